The fourth-order valence-electron chi connectivity index (χ4n) is 9.25. The molecule has 0 unspecified atom stereocenters. The number of aliphatic hydroxyl groups excluding tert-OH is 1. The normalized spacial score (nSPS) is 39.2. The summed E-state index contributed by atoms with van der Waals surface area (Å²) in [5, 5.41) is 39.0. The molecular formula is C27H36F3N5O4. The van der Waals surface area contributed by atoms with Crippen molar-refractivity contribution in [3.63, 3.8) is 0 Å². The molecule has 4 aliphatic carbocycles. The molecule has 8 atom stereocenters. The van der Waals surface area contributed by atoms with E-state index in [1.165, 1.54) is 0 Å². The van der Waals surface area contributed by atoms with Crippen LogP contribution in [-0.4, -0.2) is 33.4 Å². The topological polar surface area (TPSA) is 144 Å². The second kappa shape index (κ2) is 9.82. The van der Waals surface area contributed by atoms with Crippen molar-refractivity contribution in [2.24, 2.45) is 39.6 Å². The van der Waals surface area contributed by atoms with Gasteiger partial charge in [-0.05, 0) is 104 Å². The minimum Gasteiger partial charge on any atom is -0.393 e. The van der Waals surface area contributed by atoms with Gasteiger partial charge in [-0.1, -0.05) is 19.0 Å². The number of hydrogen-bond donors (Lipinski definition) is 3. The quantitative estimate of drug-likeness (QED) is 0.0880. The Morgan fingerprint density at radius 3 is 2.49 bits per heavy atom. The van der Waals surface area contributed by atoms with E-state index in [9.17, 15) is 33.5 Å². The number of rotatable bonds is 6. The number of anilines is 1. The number of hydrogen-bond acceptors (Lipinski definition) is 6. The number of benzene rings is 1. The maximum atomic E-state index is 14.9. The molecule has 5 rings (SSSR count). The molecule has 9 nitrogen and oxygen atoms in total. The lowest BCUT2D eigenvalue weighted by atomic mass is 9.44. The molecule has 39 heavy (non-hydrogen) atoms. The highest BCUT2D eigenvalue weighted by Gasteiger charge is 2.64. The van der Waals surface area contributed by atoms with Crippen LogP contribution in [0.25, 0.3) is 10.4 Å². The summed E-state index contributed by atoms with van der Waals surface area (Å²) in [6.45, 7) is 4.38. The predicted molar refractivity (Wildman–Crippen MR) is 138 cm³/mol. The molecule has 4 aliphatic rings. The van der Waals surface area contributed by atoms with E-state index >= 15 is 0 Å². The zero-order valence-electron chi connectivity index (χ0n) is 22.3. The van der Waals surface area contributed by atoms with Gasteiger partial charge in [-0.25, -0.2) is 8.78 Å². The Hall–Kier alpha value is -2.56. The Labute approximate surface area is 224 Å². The second-order valence-electron chi connectivity index (χ2n) is 12.7. The minimum atomic E-state index is -1.93. The standard InChI is InChI=1S/C27H36F3N5O4/c1-25-8-5-15(36)13-14(25)3-4-16-17(25)6-9-26(2)18(16)7-10-27(26,37)11-12-32-23-21(30)22(33-34-31)19(28)20(29)24(23)35(38)39/h14-18,32,36-37H,3-13H2,1-2H3/t14-,15-,16+,17-,18-,25-,26-,27+/m0/s1. The maximum Gasteiger partial charge on any atom is 0.333 e. The molecule has 0 aromatic heterocycles. The third-order valence-electron chi connectivity index (χ3n) is 11.4. The maximum absolute atomic E-state index is 14.9. The number of aliphatic hydroxyl groups is 2. The highest BCUT2D eigenvalue weighted by Crippen LogP contribution is 2.68. The molecule has 0 radical (unpaired) electrons. The highest BCUT2D eigenvalue weighted by molar-refractivity contribution is 5.69. The monoisotopic (exact) mass is 551 g/mol. The van der Waals surface area contributed by atoms with Crippen LogP contribution in [0.4, 0.5) is 30.2 Å². The number of halogens is 3. The summed E-state index contributed by atoms with van der Waals surface area (Å²) in [6, 6.07) is 0. The van der Waals surface area contributed by atoms with Crippen LogP contribution < -0.4 is 5.32 Å². The molecule has 0 saturated heterocycles. The first-order chi connectivity index (χ1) is 18.4. The first kappa shape index (κ1) is 28.0. The van der Waals surface area contributed by atoms with Crippen molar-refractivity contribution in [3.8, 4) is 0 Å². The van der Waals surface area contributed by atoms with Gasteiger partial charge in [0.15, 0.2) is 17.3 Å². The van der Waals surface area contributed by atoms with Gasteiger partial charge in [-0.2, -0.15) is 4.39 Å². The van der Waals surface area contributed by atoms with Gasteiger partial charge in [0.2, 0.25) is 5.82 Å². The fourth-order valence-corrected chi connectivity index (χ4v) is 9.25. The van der Waals surface area contributed by atoms with Crippen LogP contribution in [0.3, 0.4) is 0 Å². The third-order valence-corrected chi connectivity index (χ3v) is 11.4. The zero-order valence-corrected chi connectivity index (χ0v) is 22.3. The number of nitrogens with one attached hydrogen (secondary N) is 1. The van der Waals surface area contributed by atoms with Crippen LogP contribution in [0, 0.1) is 62.1 Å². The smallest absolute Gasteiger partial charge is 0.333 e. The number of azide groups is 1. The largest absolute Gasteiger partial charge is 0.393 e. The van der Waals surface area contributed by atoms with Gasteiger partial charge in [-0.15, -0.1) is 0 Å². The van der Waals surface area contributed by atoms with E-state index in [4.69, 9.17) is 5.53 Å². The summed E-state index contributed by atoms with van der Waals surface area (Å²) >= 11 is 0. The molecule has 214 valence electrons. The van der Waals surface area contributed by atoms with Gasteiger partial charge in [0, 0.05) is 11.5 Å². The molecule has 1 aromatic carbocycles. The Kier molecular flexibility index (Phi) is 7.04. The summed E-state index contributed by atoms with van der Waals surface area (Å²) in [7, 11) is 0. The van der Waals surface area contributed by atoms with E-state index in [1.54, 1.807) is 0 Å². The lowest BCUT2D eigenvalue weighted by Gasteiger charge is -2.61. The Balaban J connectivity index is 1.35. The molecule has 3 N–H and O–H groups in total. The van der Waals surface area contributed by atoms with E-state index in [0.29, 0.717) is 30.1 Å². The number of nitrogens with zero attached hydrogens (tertiary/aromatic N) is 4. The van der Waals surface area contributed by atoms with Gasteiger partial charge < -0.3 is 15.5 Å². The van der Waals surface area contributed by atoms with Gasteiger partial charge in [0.25, 0.3) is 0 Å². The second-order valence-corrected chi connectivity index (χ2v) is 12.7. The van der Waals surface area contributed by atoms with Crippen molar-refractivity contribution in [1.82, 2.24) is 0 Å². The molecule has 0 spiro atoms. The van der Waals surface area contributed by atoms with Gasteiger partial charge in [0.1, 0.15) is 5.69 Å². The number of nitro groups is 1. The van der Waals surface area contributed by atoms with Crippen LogP contribution in [0.5, 0.6) is 0 Å². The Bertz CT molecular complexity index is 1230. The summed E-state index contributed by atoms with van der Waals surface area (Å²) in [5.74, 6) is -3.57. The van der Waals surface area contributed by atoms with Crippen LogP contribution in [0.15, 0.2) is 5.11 Å². The predicted octanol–water partition coefficient (Wildman–Crippen LogP) is 6.89. The lowest BCUT2D eigenvalue weighted by molar-refractivity contribution is -0.387. The zero-order chi connectivity index (χ0) is 28.3. The van der Waals surface area contributed by atoms with E-state index in [2.05, 4.69) is 29.2 Å². The summed E-state index contributed by atoms with van der Waals surface area (Å²) in [6.07, 6.45) is 7.97. The number of fused-ring (bicyclic) bond motifs is 5. The molecule has 0 aliphatic heterocycles. The van der Waals surface area contributed by atoms with Crippen molar-refractivity contribution in [1.29, 1.82) is 0 Å². The molecule has 12 heteroatoms. The van der Waals surface area contributed by atoms with Crippen LogP contribution in [-0.2, 0) is 0 Å². The Morgan fingerprint density at radius 1 is 1.08 bits per heavy atom. The van der Waals surface area contributed by atoms with Crippen LogP contribution in [0.1, 0.15) is 78.1 Å². The summed E-state index contributed by atoms with van der Waals surface area (Å²) < 4.78 is 43.5. The summed E-state index contributed by atoms with van der Waals surface area (Å²) in [5.41, 5.74) is 3.68. The van der Waals surface area contributed by atoms with Crippen molar-refractivity contribution < 1.29 is 28.3 Å². The first-order valence-corrected chi connectivity index (χ1v) is 13.9. The van der Waals surface area contributed by atoms with E-state index in [0.717, 1.165) is 51.4 Å². The Morgan fingerprint density at radius 2 is 1.79 bits per heavy atom. The van der Waals surface area contributed by atoms with E-state index < -0.39 is 50.5 Å². The molecular weight excluding hydrogens is 515 g/mol. The van der Waals surface area contributed by atoms with Crippen LogP contribution >= 0.6 is 0 Å². The summed E-state index contributed by atoms with van der Waals surface area (Å²) in [4.78, 5) is 12.5. The first-order valence-electron chi connectivity index (χ1n) is 13.9. The van der Waals surface area contributed by atoms with Crippen molar-refractivity contribution in [2.75, 3.05) is 11.9 Å². The van der Waals surface area contributed by atoms with Gasteiger partial charge in [-0.3, -0.25) is 10.1 Å². The molecule has 4 fully saturated rings. The lowest BCUT2D eigenvalue weighted by Crippen LogP contribution is -2.57. The average molecular weight is 552 g/mol. The van der Waals surface area contributed by atoms with Crippen molar-refractivity contribution >= 4 is 17.1 Å². The fraction of sp³-hybridized carbons (Fsp3) is 0.778. The van der Waals surface area contributed by atoms with E-state index in [-0.39, 0.29) is 24.5 Å². The number of nitro benzene ring substituents is 1. The molecule has 0 amide bonds. The van der Waals surface area contributed by atoms with Crippen LogP contribution in [0.2, 0.25) is 0 Å². The van der Waals surface area contributed by atoms with Crippen molar-refractivity contribution in [3.05, 3.63) is 38.0 Å². The third kappa shape index (κ3) is 4.17. The average Bonchev–Trinajstić information content (AvgIpc) is 3.15. The van der Waals surface area contributed by atoms with E-state index in [1.807, 2.05) is 0 Å². The highest BCUT2D eigenvalue weighted by atomic mass is 19.2. The molecule has 0 bridgehead atoms. The SMILES string of the molecule is C[C@]12CC[C@H](O)C[C@@H]1CC[C@@H]1[C@@H]2CC[C@@]2(C)[C@H]1CC[C@@]2(O)CCNc1c(F)c(N=[N+]=[N-])c(F)c(F)c1[N+](=O)[O-]. The van der Waals surface area contributed by atoms with Gasteiger partial charge >= 0.3 is 5.69 Å². The molecule has 0 heterocycles. The van der Waals surface area contributed by atoms with Crippen molar-refractivity contribution in [2.45, 2.75) is 89.8 Å². The molecule has 4 saturated carbocycles. The molecule has 1 aromatic rings. The van der Waals surface area contributed by atoms with Gasteiger partial charge in [0.05, 0.1) is 16.6 Å². The minimum absolute atomic E-state index is 0.122.